The zero-order valence-electron chi connectivity index (χ0n) is 14.0. The SMILES string of the molecule is Cc1cc(-c2nnc(SCC(=O)Nc3cccc([N+](=O)[O-])c3)n2C)cs1. The van der Waals surface area contributed by atoms with Gasteiger partial charge >= 0.3 is 0 Å². The number of anilines is 1. The Morgan fingerprint density at radius 2 is 2.19 bits per heavy atom. The fraction of sp³-hybridized carbons (Fsp3) is 0.188. The molecule has 0 saturated heterocycles. The normalized spacial score (nSPS) is 10.7. The molecule has 0 radical (unpaired) electrons. The van der Waals surface area contributed by atoms with Crippen molar-refractivity contribution in [1.29, 1.82) is 0 Å². The van der Waals surface area contributed by atoms with E-state index >= 15 is 0 Å². The van der Waals surface area contributed by atoms with Crippen LogP contribution in [0.4, 0.5) is 11.4 Å². The molecule has 0 aliphatic rings. The molecule has 0 aliphatic carbocycles. The zero-order chi connectivity index (χ0) is 18.7. The van der Waals surface area contributed by atoms with E-state index in [2.05, 4.69) is 15.5 Å². The Hall–Kier alpha value is -2.72. The highest BCUT2D eigenvalue weighted by atomic mass is 32.2. The van der Waals surface area contributed by atoms with E-state index < -0.39 is 4.92 Å². The van der Waals surface area contributed by atoms with Crippen LogP contribution in [0.15, 0.2) is 40.9 Å². The van der Waals surface area contributed by atoms with Crippen molar-refractivity contribution in [3.05, 3.63) is 50.7 Å². The van der Waals surface area contributed by atoms with Gasteiger partial charge in [-0.25, -0.2) is 0 Å². The molecule has 10 heteroatoms. The minimum atomic E-state index is -0.502. The first-order valence-electron chi connectivity index (χ1n) is 7.56. The van der Waals surface area contributed by atoms with Crippen molar-refractivity contribution in [2.45, 2.75) is 12.1 Å². The van der Waals surface area contributed by atoms with Gasteiger partial charge in [0.2, 0.25) is 5.91 Å². The number of non-ortho nitro benzene ring substituents is 1. The number of rotatable bonds is 6. The van der Waals surface area contributed by atoms with Crippen molar-refractivity contribution in [1.82, 2.24) is 14.8 Å². The Morgan fingerprint density at radius 1 is 1.38 bits per heavy atom. The number of hydrogen-bond acceptors (Lipinski definition) is 7. The van der Waals surface area contributed by atoms with Gasteiger partial charge in [-0.1, -0.05) is 17.8 Å². The lowest BCUT2D eigenvalue weighted by Crippen LogP contribution is -2.14. The van der Waals surface area contributed by atoms with Gasteiger partial charge in [0, 0.05) is 40.7 Å². The maximum absolute atomic E-state index is 12.1. The summed E-state index contributed by atoms with van der Waals surface area (Å²) in [4.78, 5) is 23.6. The predicted octanol–water partition coefficient (Wildman–Crippen LogP) is 3.49. The highest BCUT2D eigenvalue weighted by Gasteiger charge is 2.14. The number of aromatic nitrogens is 3. The van der Waals surface area contributed by atoms with Crippen LogP contribution >= 0.6 is 23.1 Å². The molecule has 0 saturated carbocycles. The van der Waals surface area contributed by atoms with E-state index in [0.717, 1.165) is 11.4 Å². The summed E-state index contributed by atoms with van der Waals surface area (Å²) in [6.07, 6.45) is 0. The van der Waals surface area contributed by atoms with E-state index in [-0.39, 0.29) is 17.3 Å². The number of amides is 1. The maximum atomic E-state index is 12.1. The van der Waals surface area contributed by atoms with Crippen LogP contribution in [-0.2, 0) is 11.8 Å². The van der Waals surface area contributed by atoms with E-state index in [4.69, 9.17) is 0 Å². The Balaban J connectivity index is 1.62. The number of hydrogen-bond donors (Lipinski definition) is 1. The average molecular weight is 389 g/mol. The van der Waals surface area contributed by atoms with Crippen LogP contribution in [0.5, 0.6) is 0 Å². The number of aryl methyl sites for hydroxylation is 1. The summed E-state index contributed by atoms with van der Waals surface area (Å²) in [7, 11) is 1.85. The molecular formula is C16H15N5O3S2. The highest BCUT2D eigenvalue weighted by molar-refractivity contribution is 7.99. The quantitative estimate of drug-likeness (QED) is 0.393. The van der Waals surface area contributed by atoms with E-state index in [1.807, 2.05) is 30.0 Å². The van der Waals surface area contributed by atoms with Gasteiger partial charge < -0.3 is 9.88 Å². The van der Waals surface area contributed by atoms with E-state index in [9.17, 15) is 14.9 Å². The van der Waals surface area contributed by atoms with Gasteiger partial charge in [-0.05, 0) is 19.1 Å². The van der Waals surface area contributed by atoms with Crippen LogP contribution in [0, 0.1) is 17.0 Å². The third kappa shape index (κ3) is 4.09. The number of nitro groups is 1. The van der Waals surface area contributed by atoms with E-state index in [1.54, 1.807) is 17.4 Å². The summed E-state index contributed by atoms with van der Waals surface area (Å²) in [5.74, 6) is 0.597. The second-order valence-corrected chi connectivity index (χ2v) is 7.51. The molecule has 134 valence electrons. The highest BCUT2D eigenvalue weighted by Crippen LogP contribution is 2.26. The molecule has 3 aromatic rings. The second-order valence-electron chi connectivity index (χ2n) is 5.46. The van der Waals surface area contributed by atoms with Crippen LogP contribution in [0.2, 0.25) is 0 Å². The third-order valence-electron chi connectivity index (χ3n) is 3.50. The Morgan fingerprint density at radius 3 is 2.88 bits per heavy atom. The lowest BCUT2D eigenvalue weighted by Gasteiger charge is -2.05. The van der Waals surface area contributed by atoms with Crippen LogP contribution in [0.25, 0.3) is 11.4 Å². The fourth-order valence-corrected chi connectivity index (χ4v) is 3.67. The Kier molecular flexibility index (Phi) is 5.33. The summed E-state index contributed by atoms with van der Waals surface area (Å²) < 4.78 is 1.84. The summed E-state index contributed by atoms with van der Waals surface area (Å²) in [5.41, 5.74) is 1.31. The molecule has 1 N–H and O–H groups in total. The molecule has 0 atom stereocenters. The number of thioether (sulfide) groups is 1. The zero-order valence-corrected chi connectivity index (χ0v) is 15.6. The van der Waals surface area contributed by atoms with Crippen molar-refractivity contribution in [2.24, 2.45) is 7.05 Å². The molecule has 26 heavy (non-hydrogen) atoms. The minimum absolute atomic E-state index is 0.0700. The van der Waals surface area contributed by atoms with Gasteiger partial charge in [-0.15, -0.1) is 21.5 Å². The van der Waals surface area contributed by atoms with E-state index in [1.165, 1.54) is 34.8 Å². The maximum Gasteiger partial charge on any atom is 0.271 e. The number of carbonyl (C=O) groups excluding carboxylic acids is 1. The molecule has 0 fully saturated rings. The predicted molar refractivity (Wildman–Crippen MR) is 102 cm³/mol. The van der Waals surface area contributed by atoms with Gasteiger partial charge in [0.25, 0.3) is 5.69 Å². The smallest absolute Gasteiger partial charge is 0.271 e. The number of nitrogens with one attached hydrogen (secondary N) is 1. The molecule has 0 unspecified atom stereocenters. The number of nitro benzene ring substituents is 1. The van der Waals surface area contributed by atoms with Crippen molar-refractivity contribution in [3.8, 4) is 11.4 Å². The first-order valence-corrected chi connectivity index (χ1v) is 9.42. The summed E-state index contributed by atoms with van der Waals surface area (Å²) in [6.45, 7) is 2.03. The molecule has 1 aromatic carbocycles. The minimum Gasteiger partial charge on any atom is -0.325 e. The monoisotopic (exact) mass is 389 g/mol. The van der Waals surface area contributed by atoms with Crippen LogP contribution in [-0.4, -0.2) is 31.3 Å². The molecule has 1 amide bonds. The Labute approximate surface area is 157 Å². The largest absolute Gasteiger partial charge is 0.325 e. The molecule has 2 aromatic heterocycles. The topological polar surface area (TPSA) is 103 Å². The number of nitrogens with zero attached hydrogens (tertiary/aromatic N) is 4. The molecule has 0 spiro atoms. The van der Waals surface area contributed by atoms with E-state index in [0.29, 0.717) is 10.8 Å². The fourth-order valence-electron chi connectivity index (χ4n) is 2.28. The summed E-state index contributed by atoms with van der Waals surface area (Å²) in [5, 5.41) is 24.4. The third-order valence-corrected chi connectivity index (χ3v) is 5.38. The van der Waals surface area contributed by atoms with Gasteiger partial charge in [0.15, 0.2) is 11.0 Å². The number of carbonyl (C=O) groups is 1. The first-order chi connectivity index (χ1) is 12.4. The number of thiophene rings is 1. The van der Waals surface area contributed by atoms with Crippen molar-refractivity contribution >= 4 is 40.4 Å². The van der Waals surface area contributed by atoms with Gasteiger partial charge in [-0.3, -0.25) is 14.9 Å². The molecule has 8 nitrogen and oxygen atoms in total. The molecule has 2 heterocycles. The molecule has 0 aliphatic heterocycles. The van der Waals surface area contributed by atoms with Crippen molar-refractivity contribution in [3.63, 3.8) is 0 Å². The lowest BCUT2D eigenvalue weighted by molar-refractivity contribution is -0.384. The van der Waals surface area contributed by atoms with Crippen molar-refractivity contribution in [2.75, 3.05) is 11.1 Å². The van der Waals surface area contributed by atoms with Gasteiger partial charge in [0.1, 0.15) is 0 Å². The summed E-state index contributed by atoms with van der Waals surface area (Å²) in [6, 6.07) is 7.87. The standard InChI is InChI=1S/C16H15N5O3S2/c1-10-6-11(8-25-10)15-18-19-16(20(15)2)26-9-14(22)17-12-4-3-5-13(7-12)21(23)24/h3-8H,9H2,1-2H3,(H,17,22). The Bertz CT molecular complexity index is 966. The number of benzene rings is 1. The first kappa shape index (κ1) is 18.1. The van der Waals surface area contributed by atoms with Crippen molar-refractivity contribution < 1.29 is 9.72 Å². The van der Waals surface area contributed by atoms with Crippen LogP contribution in [0.1, 0.15) is 4.88 Å². The molecular weight excluding hydrogens is 374 g/mol. The second kappa shape index (κ2) is 7.67. The molecule has 3 rings (SSSR count). The van der Waals surface area contributed by atoms with Gasteiger partial charge in [-0.2, -0.15) is 0 Å². The van der Waals surface area contributed by atoms with Gasteiger partial charge in [0.05, 0.1) is 10.7 Å². The summed E-state index contributed by atoms with van der Waals surface area (Å²) >= 11 is 2.89. The van der Waals surface area contributed by atoms with Crippen LogP contribution in [0.3, 0.4) is 0 Å². The lowest BCUT2D eigenvalue weighted by atomic mass is 10.3. The molecule has 0 bridgehead atoms. The van der Waals surface area contributed by atoms with Crippen LogP contribution < -0.4 is 5.32 Å². The average Bonchev–Trinajstić information content (AvgIpc) is 3.19.